The topological polar surface area (TPSA) is 72.2 Å². The molecule has 10 heteroatoms. The van der Waals surface area contributed by atoms with Crippen LogP contribution in [0.2, 0.25) is 5.02 Å². The van der Waals surface area contributed by atoms with Gasteiger partial charge in [0.1, 0.15) is 22.6 Å². The molecule has 1 aromatic carbocycles. The number of amides is 1. The van der Waals surface area contributed by atoms with Crippen molar-refractivity contribution in [3.05, 3.63) is 52.9 Å². The number of fused-ring (bicyclic) bond motifs is 2. The van der Waals surface area contributed by atoms with Crippen molar-refractivity contribution in [1.29, 1.82) is 0 Å². The Morgan fingerprint density at radius 3 is 2.85 bits per heavy atom. The van der Waals surface area contributed by atoms with Crippen LogP contribution in [0.3, 0.4) is 0 Å². The lowest BCUT2D eigenvalue weighted by Gasteiger charge is -2.29. The highest BCUT2D eigenvalue weighted by Gasteiger charge is 2.28. The first-order chi connectivity index (χ1) is 16.1. The molecule has 0 spiro atoms. The number of thiazole rings is 1. The predicted molar refractivity (Wildman–Crippen MR) is 130 cm³/mol. The first kappa shape index (κ1) is 22.1. The third kappa shape index (κ3) is 4.17. The van der Waals surface area contributed by atoms with E-state index in [4.69, 9.17) is 26.1 Å². The summed E-state index contributed by atoms with van der Waals surface area (Å²) in [4.78, 5) is 27.4. The van der Waals surface area contributed by atoms with E-state index in [2.05, 4.69) is 9.88 Å². The summed E-state index contributed by atoms with van der Waals surface area (Å²) in [7, 11) is 1.60. The molecule has 1 amide bonds. The number of nitrogens with zero attached hydrogens (tertiary/aromatic N) is 5. The first-order valence-electron chi connectivity index (χ1n) is 10.8. The van der Waals surface area contributed by atoms with Crippen molar-refractivity contribution in [3.63, 3.8) is 0 Å². The lowest BCUT2D eigenvalue weighted by Crippen LogP contribution is -2.43. The maximum atomic E-state index is 14.0. The van der Waals surface area contributed by atoms with Crippen molar-refractivity contribution < 1.29 is 14.3 Å². The Morgan fingerprint density at radius 1 is 1.24 bits per heavy atom. The van der Waals surface area contributed by atoms with Crippen LogP contribution < -0.4 is 9.64 Å². The minimum Gasteiger partial charge on any atom is -0.494 e. The van der Waals surface area contributed by atoms with Gasteiger partial charge in [-0.1, -0.05) is 29.0 Å². The minimum atomic E-state index is -0.145. The third-order valence-corrected chi connectivity index (χ3v) is 7.33. The Morgan fingerprint density at radius 2 is 2.06 bits per heavy atom. The number of anilines is 1. The molecule has 0 aliphatic carbocycles. The molecule has 3 aromatic heterocycles. The van der Waals surface area contributed by atoms with Crippen LogP contribution in [0, 0.1) is 6.92 Å². The van der Waals surface area contributed by atoms with Gasteiger partial charge in [-0.2, -0.15) is 0 Å². The van der Waals surface area contributed by atoms with E-state index in [1.807, 2.05) is 35.7 Å². The normalized spacial score (nSPS) is 14.8. The van der Waals surface area contributed by atoms with Crippen molar-refractivity contribution in [2.24, 2.45) is 0 Å². The predicted octanol–water partition coefficient (Wildman–Crippen LogP) is 3.89. The Kier molecular flexibility index (Phi) is 6.20. The average molecular weight is 486 g/mol. The molecule has 5 rings (SSSR count). The third-order valence-electron chi connectivity index (χ3n) is 5.79. The fourth-order valence-electron chi connectivity index (χ4n) is 4.07. The lowest BCUT2D eigenvalue weighted by molar-refractivity contribution is 0.0391. The van der Waals surface area contributed by atoms with E-state index in [1.54, 1.807) is 24.1 Å². The Balaban J connectivity index is 1.57. The van der Waals surface area contributed by atoms with E-state index in [0.717, 1.165) is 23.4 Å². The number of aryl methyl sites for hydroxylation is 1. The summed E-state index contributed by atoms with van der Waals surface area (Å²) in [5, 5.41) is 1.17. The highest BCUT2D eigenvalue weighted by molar-refractivity contribution is 7.23. The van der Waals surface area contributed by atoms with Gasteiger partial charge in [0.05, 0.1) is 35.7 Å². The molecular weight excluding hydrogens is 462 g/mol. The molecule has 0 atom stereocenters. The second-order valence-electron chi connectivity index (χ2n) is 7.81. The van der Waals surface area contributed by atoms with Crippen molar-refractivity contribution in [1.82, 2.24) is 19.3 Å². The smallest absolute Gasteiger partial charge is 0.279 e. The van der Waals surface area contributed by atoms with Gasteiger partial charge in [-0.3, -0.25) is 19.0 Å². The van der Waals surface area contributed by atoms with Gasteiger partial charge < -0.3 is 9.47 Å². The molecule has 0 N–H and O–H groups in total. The summed E-state index contributed by atoms with van der Waals surface area (Å²) in [6.45, 7) is 6.15. The molecule has 0 bridgehead atoms. The fourth-order valence-corrected chi connectivity index (χ4v) is 5.35. The summed E-state index contributed by atoms with van der Waals surface area (Å²) in [6, 6.07) is 9.28. The zero-order valence-electron chi connectivity index (χ0n) is 18.5. The maximum absolute atomic E-state index is 14.0. The SMILES string of the molecule is COc1ccc(Cl)c2sc(N(CCN3CCOCC3)C(=O)c3c(C)nc4ccccn34)nc12. The zero-order chi connectivity index (χ0) is 22.9. The van der Waals surface area contributed by atoms with E-state index in [-0.39, 0.29) is 5.91 Å². The van der Waals surface area contributed by atoms with Gasteiger partial charge in [-0.05, 0) is 31.2 Å². The van der Waals surface area contributed by atoms with Crippen molar-refractivity contribution >= 4 is 49.8 Å². The molecular formula is C23H24ClN5O3S. The number of carbonyl (C=O) groups is 1. The summed E-state index contributed by atoms with van der Waals surface area (Å²) < 4.78 is 13.6. The molecule has 0 saturated carbocycles. The molecule has 33 heavy (non-hydrogen) atoms. The Labute approximate surface area is 200 Å². The van der Waals surface area contributed by atoms with Gasteiger partial charge in [-0.25, -0.2) is 9.97 Å². The minimum absolute atomic E-state index is 0.145. The van der Waals surface area contributed by atoms with Crippen LogP contribution in [-0.2, 0) is 4.74 Å². The fraction of sp³-hybridized carbons (Fsp3) is 0.348. The van der Waals surface area contributed by atoms with Crippen LogP contribution in [0.1, 0.15) is 16.2 Å². The molecule has 1 aliphatic heterocycles. The molecule has 4 aromatic rings. The Hall–Kier alpha value is -2.72. The van der Waals surface area contributed by atoms with Gasteiger partial charge in [0.15, 0.2) is 5.13 Å². The standard InChI is InChI=1S/C23H24ClN5O3S/c1-15-20(28-8-4-3-5-18(28)25-15)22(30)29(10-9-27-11-13-32-14-12-27)23-26-19-17(31-2)7-6-16(24)21(19)33-23/h3-8H,9-14H2,1-2H3. The quantitative estimate of drug-likeness (QED) is 0.412. The highest BCUT2D eigenvalue weighted by atomic mass is 35.5. The van der Waals surface area contributed by atoms with Crippen LogP contribution in [0.5, 0.6) is 5.75 Å². The maximum Gasteiger partial charge on any atom is 0.279 e. The molecule has 4 heterocycles. The van der Waals surface area contributed by atoms with Crippen molar-refractivity contribution in [2.45, 2.75) is 6.92 Å². The number of rotatable bonds is 6. The van der Waals surface area contributed by atoms with Crippen LogP contribution in [0.4, 0.5) is 5.13 Å². The van der Waals surface area contributed by atoms with Crippen molar-refractivity contribution in [2.75, 3.05) is 51.4 Å². The van der Waals surface area contributed by atoms with Crippen LogP contribution >= 0.6 is 22.9 Å². The number of methoxy groups -OCH3 is 1. The number of aromatic nitrogens is 3. The number of halogens is 1. The first-order valence-corrected chi connectivity index (χ1v) is 11.9. The molecule has 1 saturated heterocycles. The van der Waals surface area contributed by atoms with Crippen molar-refractivity contribution in [3.8, 4) is 5.75 Å². The van der Waals surface area contributed by atoms with E-state index >= 15 is 0 Å². The molecule has 1 aliphatic rings. The molecule has 172 valence electrons. The van der Waals surface area contributed by atoms with Gasteiger partial charge in [0, 0.05) is 32.4 Å². The van der Waals surface area contributed by atoms with E-state index in [0.29, 0.717) is 59.1 Å². The van der Waals surface area contributed by atoms with Gasteiger partial charge in [0.2, 0.25) is 0 Å². The number of carbonyl (C=O) groups excluding carboxylic acids is 1. The second kappa shape index (κ2) is 9.26. The summed E-state index contributed by atoms with van der Waals surface area (Å²) in [5.74, 6) is 0.483. The molecule has 0 unspecified atom stereocenters. The molecule has 1 fully saturated rings. The summed E-state index contributed by atoms with van der Waals surface area (Å²) >= 11 is 7.85. The van der Waals surface area contributed by atoms with Crippen LogP contribution in [-0.4, -0.2) is 71.7 Å². The zero-order valence-corrected chi connectivity index (χ0v) is 20.0. The summed E-state index contributed by atoms with van der Waals surface area (Å²) in [5.41, 5.74) is 2.61. The van der Waals surface area contributed by atoms with Gasteiger partial charge in [0.25, 0.3) is 5.91 Å². The number of ether oxygens (including phenoxy) is 2. The number of hydrogen-bond donors (Lipinski definition) is 0. The molecule has 8 nitrogen and oxygen atoms in total. The lowest BCUT2D eigenvalue weighted by atomic mass is 10.3. The molecule has 0 radical (unpaired) electrons. The van der Waals surface area contributed by atoms with Gasteiger partial charge >= 0.3 is 0 Å². The Bertz CT molecular complexity index is 1310. The number of pyridine rings is 1. The number of imidazole rings is 1. The largest absolute Gasteiger partial charge is 0.494 e. The van der Waals surface area contributed by atoms with Crippen LogP contribution in [0.25, 0.3) is 15.9 Å². The van der Waals surface area contributed by atoms with Crippen LogP contribution in [0.15, 0.2) is 36.5 Å². The van der Waals surface area contributed by atoms with E-state index in [9.17, 15) is 4.79 Å². The average Bonchev–Trinajstić information content (AvgIpc) is 3.41. The second-order valence-corrected chi connectivity index (χ2v) is 9.19. The number of morpholine rings is 1. The highest BCUT2D eigenvalue weighted by Crippen LogP contribution is 2.39. The number of benzene rings is 1. The van der Waals surface area contributed by atoms with E-state index < -0.39 is 0 Å². The summed E-state index contributed by atoms with van der Waals surface area (Å²) in [6.07, 6.45) is 1.86. The van der Waals surface area contributed by atoms with Gasteiger partial charge in [-0.15, -0.1) is 0 Å². The number of hydrogen-bond acceptors (Lipinski definition) is 7. The van der Waals surface area contributed by atoms with E-state index in [1.165, 1.54) is 11.3 Å². The monoisotopic (exact) mass is 485 g/mol.